The number of aliphatic hydroxyl groups is 1. The highest BCUT2D eigenvalue weighted by Gasteiger charge is 2.49. The minimum atomic E-state index is -0.947. The van der Waals surface area contributed by atoms with Crippen LogP contribution in [-0.4, -0.2) is 30.5 Å². The number of ketones is 1. The van der Waals surface area contributed by atoms with Gasteiger partial charge in [0.15, 0.2) is 0 Å². The second kappa shape index (κ2) is 9.01. The number of nitrogens with zero attached hydrogens (tertiary/aromatic N) is 1. The van der Waals surface area contributed by atoms with E-state index in [0.717, 1.165) is 6.42 Å². The molecule has 0 radical (unpaired) electrons. The highest BCUT2D eigenvalue weighted by Crippen LogP contribution is 2.44. The number of ether oxygens (including phenoxy) is 2. The van der Waals surface area contributed by atoms with Crippen LogP contribution in [0, 0.1) is 0 Å². The summed E-state index contributed by atoms with van der Waals surface area (Å²) in [6, 6.07) is 16.0. The number of methoxy groups -OCH3 is 1. The molecule has 3 aromatic rings. The number of aliphatic hydroxyl groups excluding tert-OH is 1. The van der Waals surface area contributed by atoms with E-state index < -0.39 is 17.7 Å². The van der Waals surface area contributed by atoms with Gasteiger partial charge in [-0.3, -0.25) is 14.5 Å². The lowest BCUT2D eigenvalue weighted by Gasteiger charge is -2.24. The van der Waals surface area contributed by atoms with Crippen LogP contribution in [-0.2, 0) is 9.59 Å². The molecule has 164 valence electrons. The number of para-hydroxylation sites is 2. The summed E-state index contributed by atoms with van der Waals surface area (Å²) in [6.45, 7) is 2.59. The molecule has 0 saturated carbocycles. The Hall–Kier alpha value is -4.00. The zero-order valence-corrected chi connectivity index (χ0v) is 17.8. The third kappa shape index (κ3) is 3.73. The molecule has 1 aliphatic rings. The molecule has 1 saturated heterocycles. The maximum atomic E-state index is 13.1. The number of hydrogen-bond acceptors (Lipinski definition) is 6. The molecule has 1 aromatic heterocycles. The molecule has 32 heavy (non-hydrogen) atoms. The molecule has 7 nitrogen and oxygen atoms in total. The normalized spacial score (nSPS) is 17.6. The molecule has 4 rings (SSSR count). The first-order chi connectivity index (χ1) is 15.6. The van der Waals surface area contributed by atoms with Gasteiger partial charge in [0.25, 0.3) is 11.7 Å². The Balaban J connectivity index is 1.83. The predicted molar refractivity (Wildman–Crippen MR) is 119 cm³/mol. The van der Waals surface area contributed by atoms with Crippen molar-refractivity contribution in [3.8, 4) is 11.5 Å². The van der Waals surface area contributed by atoms with E-state index in [1.165, 1.54) is 18.3 Å². The highest BCUT2D eigenvalue weighted by atomic mass is 16.5. The Morgan fingerprint density at radius 3 is 2.47 bits per heavy atom. The van der Waals surface area contributed by atoms with Gasteiger partial charge < -0.3 is 19.0 Å². The second-order valence-corrected chi connectivity index (χ2v) is 7.23. The average molecular weight is 433 g/mol. The van der Waals surface area contributed by atoms with Crippen molar-refractivity contribution in [1.29, 1.82) is 0 Å². The average Bonchev–Trinajstić information content (AvgIpc) is 3.44. The summed E-state index contributed by atoms with van der Waals surface area (Å²) in [7, 11) is 1.49. The standard InChI is InChI=1S/C25H23NO6/c1-3-14-31-17-12-10-16(11-13-17)23(27)21-22(20-9-6-15-32-20)26(25(29)24(21)28)18-7-4-5-8-19(18)30-2/h4-13,15,22,27H,3,14H2,1-2H3/b23-21-. The quantitative estimate of drug-likeness (QED) is 0.330. The van der Waals surface area contributed by atoms with Crippen molar-refractivity contribution < 1.29 is 28.6 Å². The number of rotatable bonds is 7. The smallest absolute Gasteiger partial charge is 0.300 e. The Bertz CT molecular complexity index is 1150. The van der Waals surface area contributed by atoms with Gasteiger partial charge in [-0.2, -0.15) is 0 Å². The fraction of sp³-hybridized carbons (Fsp3) is 0.200. The minimum Gasteiger partial charge on any atom is -0.507 e. The molecule has 0 spiro atoms. The maximum absolute atomic E-state index is 13.1. The number of carbonyl (C=O) groups excluding carboxylic acids is 2. The molecule has 1 amide bonds. The van der Waals surface area contributed by atoms with Crippen LogP contribution in [0.1, 0.15) is 30.7 Å². The Morgan fingerprint density at radius 1 is 1.06 bits per heavy atom. The number of benzene rings is 2. The van der Waals surface area contributed by atoms with Gasteiger partial charge in [-0.1, -0.05) is 19.1 Å². The first-order valence-corrected chi connectivity index (χ1v) is 10.3. The maximum Gasteiger partial charge on any atom is 0.300 e. The number of hydrogen-bond donors (Lipinski definition) is 1. The molecule has 2 heterocycles. The van der Waals surface area contributed by atoms with Gasteiger partial charge in [-0.25, -0.2) is 0 Å². The summed E-state index contributed by atoms with van der Waals surface area (Å²) in [5.74, 6) is -0.450. The van der Waals surface area contributed by atoms with E-state index >= 15 is 0 Å². The number of Topliss-reactive ketones (excluding diaryl/α,β-unsaturated/α-hetero) is 1. The van der Waals surface area contributed by atoms with Crippen LogP contribution in [0.2, 0.25) is 0 Å². The Morgan fingerprint density at radius 2 is 1.81 bits per heavy atom. The molecule has 0 aliphatic carbocycles. The molecule has 1 atom stereocenters. The Kier molecular flexibility index (Phi) is 5.98. The van der Waals surface area contributed by atoms with Crippen LogP contribution in [0.4, 0.5) is 5.69 Å². The van der Waals surface area contributed by atoms with Gasteiger partial charge in [-0.05, 0) is 55.0 Å². The lowest BCUT2D eigenvalue weighted by Crippen LogP contribution is -2.29. The fourth-order valence-electron chi connectivity index (χ4n) is 3.71. The first kappa shape index (κ1) is 21.2. The number of amides is 1. The van der Waals surface area contributed by atoms with Crippen LogP contribution in [0.3, 0.4) is 0 Å². The zero-order valence-electron chi connectivity index (χ0n) is 17.8. The second-order valence-electron chi connectivity index (χ2n) is 7.23. The molecule has 1 aliphatic heterocycles. The summed E-state index contributed by atoms with van der Waals surface area (Å²) in [5, 5.41) is 11.1. The topological polar surface area (TPSA) is 89.2 Å². The van der Waals surface area contributed by atoms with E-state index in [2.05, 4.69) is 0 Å². The summed E-state index contributed by atoms with van der Waals surface area (Å²) >= 11 is 0. The van der Waals surface area contributed by atoms with Gasteiger partial charge in [-0.15, -0.1) is 0 Å². The van der Waals surface area contributed by atoms with Crippen molar-refractivity contribution in [2.24, 2.45) is 0 Å². The molecule has 1 fully saturated rings. The monoisotopic (exact) mass is 433 g/mol. The zero-order chi connectivity index (χ0) is 22.7. The summed E-state index contributed by atoms with van der Waals surface area (Å²) in [6.07, 6.45) is 2.33. The van der Waals surface area contributed by atoms with E-state index in [1.54, 1.807) is 60.7 Å². The fourth-order valence-corrected chi connectivity index (χ4v) is 3.71. The summed E-state index contributed by atoms with van der Waals surface area (Å²) in [4.78, 5) is 27.5. The molecule has 7 heteroatoms. The van der Waals surface area contributed by atoms with Gasteiger partial charge in [0.05, 0.1) is 31.2 Å². The minimum absolute atomic E-state index is 0.0573. The predicted octanol–water partition coefficient (Wildman–Crippen LogP) is 4.70. The summed E-state index contributed by atoms with van der Waals surface area (Å²) in [5.41, 5.74) is 0.738. The third-order valence-corrected chi connectivity index (χ3v) is 5.20. The van der Waals surface area contributed by atoms with Crippen LogP contribution in [0.5, 0.6) is 11.5 Å². The van der Waals surface area contributed by atoms with Crippen molar-refractivity contribution in [1.82, 2.24) is 0 Å². The SMILES string of the molecule is CCCOc1ccc(/C(O)=C2/C(=O)C(=O)N(c3ccccc3OC)C2c2ccco2)cc1. The van der Waals surface area contributed by atoms with Crippen molar-refractivity contribution in [2.45, 2.75) is 19.4 Å². The lowest BCUT2D eigenvalue weighted by atomic mass is 9.99. The van der Waals surface area contributed by atoms with E-state index in [4.69, 9.17) is 13.9 Å². The number of carbonyl (C=O) groups is 2. The van der Waals surface area contributed by atoms with Crippen molar-refractivity contribution >= 4 is 23.1 Å². The first-order valence-electron chi connectivity index (χ1n) is 10.3. The molecular weight excluding hydrogens is 410 g/mol. The lowest BCUT2D eigenvalue weighted by molar-refractivity contribution is -0.132. The van der Waals surface area contributed by atoms with Gasteiger partial charge >= 0.3 is 0 Å². The highest BCUT2D eigenvalue weighted by molar-refractivity contribution is 6.51. The number of anilines is 1. The largest absolute Gasteiger partial charge is 0.507 e. The van der Waals surface area contributed by atoms with E-state index in [0.29, 0.717) is 35.1 Å². The van der Waals surface area contributed by atoms with Crippen LogP contribution < -0.4 is 14.4 Å². The Labute approximate surface area is 185 Å². The van der Waals surface area contributed by atoms with Crippen LogP contribution in [0.15, 0.2) is 76.9 Å². The molecule has 0 bridgehead atoms. The van der Waals surface area contributed by atoms with Crippen LogP contribution in [0.25, 0.3) is 5.76 Å². The van der Waals surface area contributed by atoms with E-state index in [-0.39, 0.29) is 11.3 Å². The molecule has 2 aromatic carbocycles. The van der Waals surface area contributed by atoms with E-state index in [9.17, 15) is 14.7 Å². The van der Waals surface area contributed by atoms with Crippen molar-refractivity contribution in [3.05, 3.63) is 83.8 Å². The third-order valence-electron chi connectivity index (χ3n) is 5.20. The molecule has 1 unspecified atom stereocenters. The van der Waals surface area contributed by atoms with Gasteiger partial charge in [0.2, 0.25) is 0 Å². The molecular formula is C25H23NO6. The van der Waals surface area contributed by atoms with Crippen molar-refractivity contribution in [2.75, 3.05) is 18.6 Å². The summed E-state index contributed by atoms with van der Waals surface area (Å²) < 4.78 is 16.5. The van der Waals surface area contributed by atoms with Crippen LogP contribution >= 0.6 is 0 Å². The number of furan rings is 1. The van der Waals surface area contributed by atoms with Gasteiger partial charge in [0, 0.05) is 5.56 Å². The van der Waals surface area contributed by atoms with Crippen molar-refractivity contribution in [3.63, 3.8) is 0 Å². The molecule has 1 N–H and O–H groups in total. The van der Waals surface area contributed by atoms with E-state index in [1.807, 2.05) is 6.92 Å². The van der Waals surface area contributed by atoms with Gasteiger partial charge in [0.1, 0.15) is 29.1 Å².